The average molecular weight is 214 g/mol. The third-order valence-corrected chi connectivity index (χ3v) is 1.81. The van der Waals surface area contributed by atoms with Gasteiger partial charge in [0.05, 0.1) is 0 Å². The summed E-state index contributed by atoms with van der Waals surface area (Å²) >= 11 is 5.56. The molecule has 2 N–H and O–H groups in total. The molecular weight excluding hydrogens is 205 g/mol. The Hall–Kier alpha value is -1.35. The van der Waals surface area contributed by atoms with E-state index in [0.717, 1.165) is 0 Å². The molecule has 0 aliphatic carbocycles. The Balaban J connectivity index is 2.76. The van der Waals surface area contributed by atoms with E-state index >= 15 is 0 Å². The molecule has 1 amide bonds. The molecular formula is C10H9ClFNO. The molecule has 0 radical (unpaired) electrons. The third kappa shape index (κ3) is 3.18. The van der Waals surface area contributed by atoms with Crippen LogP contribution in [-0.4, -0.2) is 5.91 Å². The van der Waals surface area contributed by atoms with E-state index in [1.54, 1.807) is 6.07 Å². The van der Waals surface area contributed by atoms with Crippen LogP contribution in [0.25, 0.3) is 6.08 Å². The van der Waals surface area contributed by atoms with E-state index in [1.165, 1.54) is 24.3 Å². The maximum absolute atomic E-state index is 13.1. The summed E-state index contributed by atoms with van der Waals surface area (Å²) in [6.45, 7) is 0. The van der Waals surface area contributed by atoms with Crippen molar-refractivity contribution in [1.82, 2.24) is 0 Å². The molecule has 1 aromatic carbocycles. The van der Waals surface area contributed by atoms with Crippen molar-refractivity contribution in [2.45, 2.75) is 6.42 Å². The Morgan fingerprint density at radius 3 is 2.86 bits per heavy atom. The van der Waals surface area contributed by atoms with Gasteiger partial charge in [-0.15, -0.1) is 0 Å². The summed E-state index contributed by atoms with van der Waals surface area (Å²) in [6.07, 6.45) is 3.10. The van der Waals surface area contributed by atoms with Gasteiger partial charge in [-0.3, -0.25) is 4.79 Å². The summed E-state index contributed by atoms with van der Waals surface area (Å²) < 4.78 is 13.1. The topological polar surface area (TPSA) is 43.1 Å². The second-order valence-corrected chi connectivity index (χ2v) is 3.18. The minimum atomic E-state index is -0.448. The number of hydrogen-bond acceptors (Lipinski definition) is 1. The van der Waals surface area contributed by atoms with Crippen LogP contribution in [0.15, 0.2) is 24.3 Å². The summed E-state index contributed by atoms with van der Waals surface area (Å²) in [5.41, 5.74) is 5.30. The lowest BCUT2D eigenvalue weighted by Crippen LogP contribution is -2.07. The van der Waals surface area contributed by atoms with E-state index in [2.05, 4.69) is 0 Å². The van der Waals surface area contributed by atoms with Crippen molar-refractivity contribution in [3.63, 3.8) is 0 Å². The number of carbonyl (C=O) groups is 1. The molecule has 0 fully saturated rings. The van der Waals surface area contributed by atoms with Gasteiger partial charge in [0.2, 0.25) is 5.91 Å². The molecule has 4 heteroatoms. The van der Waals surface area contributed by atoms with E-state index < -0.39 is 11.7 Å². The highest BCUT2D eigenvalue weighted by molar-refractivity contribution is 6.30. The molecule has 0 aliphatic rings. The van der Waals surface area contributed by atoms with Crippen LogP contribution in [0.4, 0.5) is 4.39 Å². The molecule has 2 nitrogen and oxygen atoms in total. The molecule has 14 heavy (non-hydrogen) atoms. The van der Waals surface area contributed by atoms with Crippen molar-refractivity contribution in [3.05, 3.63) is 40.7 Å². The highest BCUT2D eigenvalue weighted by atomic mass is 35.5. The van der Waals surface area contributed by atoms with Crippen LogP contribution in [0.2, 0.25) is 5.02 Å². The van der Waals surface area contributed by atoms with Crippen LogP contribution >= 0.6 is 11.6 Å². The molecule has 0 spiro atoms. The maximum atomic E-state index is 13.1. The number of rotatable bonds is 3. The zero-order valence-corrected chi connectivity index (χ0v) is 8.09. The van der Waals surface area contributed by atoms with Crippen molar-refractivity contribution in [2.24, 2.45) is 5.73 Å². The standard InChI is InChI=1S/C10H9ClFNO/c11-8-5-4-7(9(12)6-8)2-1-3-10(13)14/h1-2,4-6H,3H2,(H2,13,14). The lowest BCUT2D eigenvalue weighted by Gasteiger charge is -1.96. The minimum absolute atomic E-state index is 0.0993. The van der Waals surface area contributed by atoms with Crippen LogP contribution in [0.3, 0.4) is 0 Å². The average Bonchev–Trinajstić information content (AvgIpc) is 2.08. The summed E-state index contributed by atoms with van der Waals surface area (Å²) in [6, 6.07) is 4.33. The SMILES string of the molecule is NC(=O)CC=Cc1ccc(Cl)cc1F. The first-order chi connectivity index (χ1) is 6.59. The van der Waals surface area contributed by atoms with Crippen LogP contribution in [-0.2, 0) is 4.79 Å². The normalized spacial score (nSPS) is 10.7. The Morgan fingerprint density at radius 1 is 1.57 bits per heavy atom. The van der Waals surface area contributed by atoms with Crippen molar-refractivity contribution in [1.29, 1.82) is 0 Å². The maximum Gasteiger partial charge on any atom is 0.221 e. The van der Waals surface area contributed by atoms with Gasteiger partial charge in [0, 0.05) is 17.0 Å². The van der Waals surface area contributed by atoms with Gasteiger partial charge < -0.3 is 5.73 Å². The number of benzene rings is 1. The van der Waals surface area contributed by atoms with Crippen molar-refractivity contribution >= 4 is 23.6 Å². The monoisotopic (exact) mass is 213 g/mol. The first-order valence-electron chi connectivity index (χ1n) is 3.99. The molecule has 0 heterocycles. The lowest BCUT2D eigenvalue weighted by atomic mass is 10.2. The minimum Gasteiger partial charge on any atom is -0.369 e. The zero-order valence-electron chi connectivity index (χ0n) is 7.34. The van der Waals surface area contributed by atoms with Crippen LogP contribution < -0.4 is 5.73 Å². The van der Waals surface area contributed by atoms with Gasteiger partial charge in [0.15, 0.2) is 0 Å². The van der Waals surface area contributed by atoms with E-state index in [9.17, 15) is 9.18 Å². The summed E-state index contributed by atoms with van der Waals surface area (Å²) in [4.78, 5) is 10.4. The lowest BCUT2D eigenvalue weighted by molar-refractivity contribution is -0.117. The van der Waals surface area contributed by atoms with Crippen LogP contribution in [0.1, 0.15) is 12.0 Å². The fraction of sp³-hybridized carbons (Fsp3) is 0.100. The largest absolute Gasteiger partial charge is 0.369 e. The highest BCUT2D eigenvalue weighted by Crippen LogP contribution is 2.15. The van der Waals surface area contributed by atoms with Gasteiger partial charge in [-0.2, -0.15) is 0 Å². The van der Waals surface area contributed by atoms with E-state index in [0.29, 0.717) is 10.6 Å². The number of hydrogen-bond donors (Lipinski definition) is 1. The molecule has 0 bridgehead atoms. The fourth-order valence-electron chi connectivity index (χ4n) is 0.939. The summed E-state index contributed by atoms with van der Waals surface area (Å²) in [5.74, 6) is -0.867. The van der Waals surface area contributed by atoms with Gasteiger partial charge in [-0.05, 0) is 12.1 Å². The Labute approximate surface area is 86.2 Å². The molecule has 1 aromatic rings. The van der Waals surface area contributed by atoms with E-state index in [4.69, 9.17) is 17.3 Å². The predicted octanol–water partition coefficient (Wildman–Crippen LogP) is 2.37. The molecule has 0 unspecified atom stereocenters. The van der Waals surface area contributed by atoms with Crippen LogP contribution in [0, 0.1) is 5.82 Å². The second-order valence-electron chi connectivity index (χ2n) is 2.74. The number of carbonyl (C=O) groups excluding carboxylic acids is 1. The Morgan fingerprint density at radius 2 is 2.29 bits per heavy atom. The van der Waals surface area contributed by atoms with Gasteiger partial charge in [0.1, 0.15) is 5.82 Å². The van der Waals surface area contributed by atoms with Crippen LogP contribution in [0.5, 0.6) is 0 Å². The fourth-order valence-corrected chi connectivity index (χ4v) is 1.10. The van der Waals surface area contributed by atoms with E-state index in [1.807, 2.05) is 0 Å². The van der Waals surface area contributed by atoms with Crippen molar-refractivity contribution in [2.75, 3.05) is 0 Å². The summed E-state index contributed by atoms with van der Waals surface area (Å²) in [5, 5.41) is 0.342. The smallest absolute Gasteiger partial charge is 0.221 e. The molecule has 1 rings (SSSR count). The first-order valence-corrected chi connectivity index (χ1v) is 4.37. The Bertz CT molecular complexity index is 376. The van der Waals surface area contributed by atoms with E-state index in [-0.39, 0.29) is 6.42 Å². The van der Waals surface area contributed by atoms with Crippen molar-refractivity contribution in [3.8, 4) is 0 Å². The molecule has 74 valence electrons. The van der Waals surface area contributed by atoms with Gasteiger partial charge in [-0.25, -0.2) is 4.39 Å². The number of amides is 1. The molecule has 0 atom stereocenters. The molecule has 0 saturated heterocycles. The summed E-state index contributed by atoms with van der Waals surface area (Å²) in [7, 11) is 0. The quantitative estimate of drug-likeness (QED) is 0.823. The number of nitrogens with two attached hydrogens (primary N) is 1. The van der Waals surface area contributed by atoms with Gasteiger partial charge in [-0.1, -0.05) is 29.8 Å². The highest BCUT2D eigenvalue weighted by Gasteiger charge is 1.98. The zero-order chi connectivity index (χ0) is 10.6. The van der Waals surface area contributed by atoms with Gasteiger partial charge >= 0.3 is 0 Å². The first kappa shape index (κ1) is 10.7. The molecule has 0 aliphatic heterocycles. The second kappa shape index (κ2) is 4.77. The number of halogens is 2. The third-order valence-electron chi connectivity index (χ3n) is 1.58. The Kier molecular flexibility index (Phi) is 3.65. The van der Waals surface area contributed by atoms with Crippen molar-refractivity contribution < 1.29 is 9.18 Å². The predicted molar refractivity (Wildman–Crippen MR) is 54.3 cm³/mol. The van der Waals surface area contributed by atoms with Gasteiger partial charge in [0.25, 0.3) is 0 Å². The number of primary amides is 1. The molecule has 0 aromatic heterocycles. The molecule has 0 saturated carbocycles.